The molecule has 0 aliphatic carbocycles. The molecular formula is C21H20N2O3S. The third-order valence-corrected chi connectivity index (χ3v) is 5.73. The molecule has 0 saturated carbocycles. The van der Waals surface area contributed by atoms with Gasteiger partial charge in [0.2, 0.25) is 0 Å². The number of ether oxygens (including phenoxy) is 1. The predicted molar refractivity (Wildman–Crippen MR) is 107 cm³/mol. The highest BCUT2D eigenvalue weighted by Crippen LogP contribution is 2.23. The van der Waals surface area contributed by atoms with Gasteiger partial charge in [-0.3, -0.25) is 0 Å². The van der Waals surface area contributed by atoms with Crippen molar-refractivity contribution in [1.29, 1.82) is 0 Å². The molecule has 2 heterocycles. The van der Waals surface area contributed by atoms with E-state index in [1.807, 2.05) is 6.07 Å². The third-order valence-electron chi connectivity index (χ3n) is 4.61. The van der Waals surface area contributed by atoms with Crippen LogP contribution in [0.5, 0.6) is 0 Å². The van der Waals surface area contributed by atoms with E-state index in [-0.39, 0.29) is 0 Å². The van der Waals surface area contributed by atoms with Crippen LogP contribution >= 0.6 is 0 Å². The second-order valence-corrected chi connectivity index (χ2v) is 8.62. The van der Waals surface area contributed by atoms with Crippen LogP contribution in [0.4, 0.5) is 5.69 Å². The van der Waals surface area contributed by atoms with Crippen molar-refractivity contribution in [3.63, 3.8) is 0 Å². The number of nitrogens with one attached hydrogen (secondary N) is 1. The van der Waals surface area contributed by atoms with E-state index in [0.29, 0.717) is 4.90 Å². The molecule has 4 rings (SSSR count). The van der Waals surface area contributed by atoms with Crippen LogP contribution in [0.15, 0.2) is 53.4 Å². The van der Waals surface area contributed by atoms with Crippen LogP contribution in [0.3, 0.4) is 0 Å². The summed E-state index contributed by atoms with van der Waals surface area (Å²) >= 11 is 0. The summed E-state index contributed by atoms with van der Waals surface area (Å²) in [4.78, 5) is 5.97. The van der Waals surface area contributed by atoms with Crippen LogP contribution in [0.25, 0.3) is 10.9 Å². The van der Waals surface area contributed by atoms with Gasteiger partial charge in [-0.25, -0.2) is 8.42 Å². The number of nitrogens with zero attached hydrogens (tertiary/aromatic N) is 1. The van der Waals surface area contributed by atoms with Crippen molar-refractivity contribution in [2.75, 3.05) is 37.5 Å². The van der Waals surface area contributed by atoms with Crippen molar-refractivity contribution in [3.8, 4) is 11.8 Å². The molecule has 1 N–H and O–H groups in total. The highest BCUT2D eigenvalue weighted by Gasteiger charge is 2.12. The summed E-state index contributed by atoms with van der Waals surface area (Å²) in [5, 5.41) is 1.11. The van der Waals surface area contributed by atoms with E-state index in [1.165, 1.54) is 11.9 Å². The van der Waals surface area contributed by atoms with E-state index in [9.17, 15) is 8.42 Å². The fraction of sp³-hybridized carbons (Fsp3) is 0.238. The Balaban J connectivity index is 1.57. The average Bonchev–Trinajstić information content (AvgIpc) is 3.09. The number of H-pyrrole nitrogens is 1. The van der Waals surface area contributed by atoms with Crippen molar-refractivity contribution in [2.24, 2.45) is 0 Å². The summed E-state index contributed by atoms with van der Waals surface area (Å²) in [5.74, 6) is 6.19. The number of anilines is 1. The van der Waals surface area contributed by atoms with E-state index < -0.39 is 9.84 Å². The fourth-order valence-corrected chi connectivity index (χ4v) is 3.76. The van der Waals surface area contributed by atoms with Gasteiger partial charge in [-0.05, 0) is 48.4 Å². The molecule has 2 aromatic carbocycles. The molecule has 138 valence electrons. The Labute approximate surface area is 158 Å². The summed E-state index contributed by atoms with van der Waals surface area (Å²) in [7, 11) is -3.18. The van der Waals surface area contributed by atoms with E-state index in [2.05, 4.69) is 39.9 Å². The highest BCUT2D eigenvalue weighted by atomic mass is 32.2. The molecule has 27 heavy (non-hydrogen) atoms. The van der Waals surface area contributed by atoms with Crippen LogP contribution in [0, 0.1) is 11.8 Å². The molecule has 0 atom stereocenters. The molecule has 1 aliphatic heterocycles. The number of sulfone groups is 1. The number of fused-ring (bicyclic) bond motifs is 1. The van der Waals surface area contributed by atoms with E-state index >= 15 is 0 Å². The van der Waals surface area contributed by atoms with Gasteiger partial charge in [0, 0.05) is 41.5 Å². The van der Waals surface area contributed by atoms with Crippen molar-refractivity contribution >= 4 is 26.4 Å². The van der Waals surface area contributed by atoms with Gasteiger partial charge in [0.05, 0.1) is 23.8 Å². The van der Waals surface area contributed by atoms with E-state index in [0.717, 1.165) is 48.5 Å². The van der Waals surface area contributed by atoms with Gasteiger partial charge in [-0.1, -0.05) is 12.0 Å². The Morgan fingerprint density at radius 1 is 1.00 bits per heavy atom. The second-order valence-electron chi connectivity index (χ2n) is 6.60. The minimum absolute atomic E-state index is 0.300. The van der Waals surface area contributed by atoms with Crippen LogP contribution < -0.4 is 4.90 Å². The minimum Gasteiger partial charge on any atom is -0.378 e. The fourth-order valence-electron chi connectivity index (χ4n) is 3.13. The van der Waals surface area contributed by atoms with E-state index in [4.69, 9.17) is 4.74 Å². The van der Waals surface area contributed by atoms with Crippen LogP contribution in [0.1, 0.15) is 11.3 Å². The number of aromatic nitrogens is 1. The lowest BCUT2D eigenvalue weighted by Gasteiger charge is -2.28. The lowest BCUT2D eigenvalue weighted by molar-refractivity contribution is 0.122. The Morgan fingerprint density at radius 3 is 2.44 bits per heavy atom. The zero-order chi connectivity index (χ0) is 18.9. The topological polar surface area (TPSA) is 62.4 Å². The van der Waals surface area contributed by atoms with Gasteiger partial charge < -0.3 is 14.6 Å². The molecule has 1 saturated heterocycles. The summed E-state index contributed by atoms with van der Waals surface area (Å²) in [6, 6.07) is 15.0. The Bertz CT molecular complexity index is 1130. The maximum absolute atomic E-state index is 11.5. The zero-order valence-electron chi connectivity index (χ0n) is 15.0. The van der Waals surface area contributed by atoms with Crippen molar-refractivity contribution in [2.45, 2.75) is 4.90 Å². The van der Waals surface area contributed by atoms with Gasteiger partial charge in [0.1, 0.15) is 0 Å². The molecule has 1 aliphatic rings. The van der Waals surface area contributed by atoms with Crippen LogP contribution in [-0.2, 0) is 14.6 Å². The summed E-state index contributed by atoms with van der Waals surface area (Å²) in [5.41, 5.74) is 3.84. The summed E-state index contributed by atoms with van der Waals surface area (Å²) < 4.78 is 28.4. The maximum Gasteiger partial charge on any atom is 0.175 e. The van der Waals surface area contributed by atoms with Gasteiger partial charge >= 0.3 is 0 Å². The first kappa shape index (κ1) is 17.7. The molecule has 0 spiro atoms. The Kier molecular flexibility index (Phi) is 4.65. The maximum atomic E-state index is 11.5. The Morgan fingerprint density at radius 2 is 1.74 bits per heavy atom. The largest absolute Gasteiger partial charge is 0.378 e. The molecular weight excluding hydrogens is 360 g/mol. The quantitative estimate of drug-likeness (QED) is 0.695. The van der Waals surface area contributed by atoms with Crippen molar-refractivity contribution in [3.05, 3.63) is 59.8 Å². The SMILES string of the molecule is CS(=O)(=O)c1ccc(C#Cc2cc3ccc(N4CCOCC4)cc3[nH]2)cc1. The predicted octanol–water partition coefficient (Wildman–Crippen LogP) is 2.81. The molecule has 0 unspecified atom stereocenters. The number of morpholine rings is 1. The number of hydrogen-bond acceptors (Lipinski definition) is 4. The molecule has 3 aromatic rings. The first-order chi connectivity index (χ1) is 13.0. The normalized spacial score (nSPS) is 14.8. The summed E-state index contributed by atoms with van der Waals surface area (Å²) in [6.07, 6.45) is 1.20. The smallest absolute Gasteiger partial charge is 0.175 e. The number of rotatable bonds is 2. The zero-order valence-corrected chi connectivity index (χ0v) is 15.8. The summed E-state index contributed by atoms with van der Waals surface area (Å²) in [6.45, 7) is 3.33. The average molecular weight is 380 g/mol. The standard InChI is InChI=1S/C21H20N2O3S/c1-27(24,25)20-8-3-16(4-9-20)2-6-18-14-17-5-7-19(15-21(17)22-18)23-10-12-26-13-11-23/h3-5,7-9,14-15,22H,10-13H2,1H3. The molecule has 1 aromatic heterocycles. The first-order valence-electron chi connectivity index (χ1n) is 8.77. The molecule has 1 fully saturated rings. The number of hydrogen-bond donors (Lipinski definition) is 1. The highest BCUT2D eigenvalue weighted by molar-refractivity contribution is 7.90. The number of benzene rings is 2. The molecule has 0 radical (unpaired) electrons. The van der Waals surface area contributed by atoms with Crippen molar-refractivity contribution in [1.82, 2.24) is 4.98 Å². The monoisotopic (exact) mass is 380 g/mol. The Hall–Kier alpha value is -2.75. The van der Waals surface area contributed by atoms with E-state index in [1.54, 1.807) is 24.3 Å². The van der Waals surface area contributed by atoms with Crippen LogP contribution in [-0.4, -0.2) is 46.0 Å². The van der Waals surface area contributed by atoms with Crippen molar-refractivity contribution < 1.29 is 13.2 Å². The minimum atomic E-state index is -3.18. The molecule has 6 heteroatoms. The second kappa shape index (κ2) is 7.10. The van der Waals surface area contributed by atoms with Crippen LogP contribution in [0.2, 0.25) is 0 Å². The lowest BCUT2D eigenvalue weighted by Crippen LogP contribution is -2.36. The molecule has 0 amide bonds. The lowest BCUT2D eigenvalue weighted by atomic mass is 10.2. The van der Waals surface area contributed by atoms with Gasteiger partial charge in [-0.15, -0.1) is 0 Å². The molecule has 5 nitrogen and oxygen atoms in total. The number of aromatic amines is 1. The molecule has 0 bridgehead atoms. The first-order valence-corrected chi connectivity index (χ1v) is 10.7. The van der Waals surface area contributed by atoms with Gasteiger partial charge in [0.25, 0.3) is 0 Å². The van der Waals surface area contributed by atoms with Gasteiger partial charge in [0.15, 0.2) is 9.84 Å². The third kappa shape index (κ3) is 4.00. The van der Waals surface area contributed by atoms with Gasteiger partial charge in [-0.2, -0.15) is 0 Å².